The number of carbonyl (C=O) groups excluding carboxylic acids is 3. The molecule has 3 N–H and O–H groups in total. The highest BCUT2D eigenvalue weighted by Crippen LogP contribution is 2.00. The molecule has 0 aliphatic rings. The normalized spacial score (nSPS) is 10.2. The summed E-state index contributed by atoms with van der Waals surface area (Å²) in [6, 6.07) is 9.07. The Morgan fingerprint density at radius 2 is 1.67 bits per heavy atom. The Kier molecular flexibility index (Phi) is 9.37. The van der Waals surface area contributed by atoms with E-state index in [0.717, 1.165) is 5.56 Å². The molecule has 130 valence electrons. The summed E-state index contributed by atoms with van der Waals surface area (Å²) >= 11 is 0. The lowest BCUT2D eigenvalue weighted by molar-refractivity contribution is -0.137. The van der Waals surface area contributed by atoms with Crippen LogP contribution in [0, 0.1) is 0 Å². The summed E-state index contributed by atoms with van der Waals surface area (Å²) in [5, 5.41) is 7.84. The van der Waals surface area contributed by atoms with E-state index in [9.17, 15) is 14.4 Å². The largest absolute Gasteiger partial charge is 0.461 e. The molecule has 0 radical (unpaired) electrons. The first kappa shape index (κ1) is 19.2. The molecule has 0 aromatic heterocycles. The predicted molar refractivity (Wildman–Crippen MR) is 91.1 cm³/mol. The molecule has 1 aromatic carbocycles. The zero-order valence-corrected chi connectivity index (χ0v) is 13.7. The average Bonchev–Trinajstić information content (AvgIpc) is 2.57. The van der Waals surface area contributed by atoms with Gasteiger partial charge in [0.15, 0.2) is 0 Å². The minimum Gasteiger partial charge on any atom is -0.461 e. The lowest BCUT2D eigenvalue weighted by Gasteiger charge is -2.07. The summed E-state index contributed by atoms with van der Waals surface area (Å²) in [6.07, 6.45) is 3.65. The first-order valence-corrected chi connectivity index (χ1v) is 7.74. The monoisotopic (exact) mass is 333 g/mol. The van der Waals surface area contributed by atoms with Crippen LogP contribution in [0.2, 0.25) is 0 Å². The van der Waals surface area contributed by atoms with Gasteiger partial charge in [0.2, 0.25) is 5.91 Å². The molecule has 0 saturated carbocycles. The van der Waals surface area contributed by atoms with Crippen LogP contribution in [0.3, 0.4) is 0 Å². The maximum atomic E-state index is 11.5. The Hall–Kier alpha value is -2.83. The van der Waals surface area contributed by atoms with E-state index in [0.29, 0.717) is 19.5 Å². The van der Waals surface area contributed by atoms with Gasteiger partial charge >= 0.3 is 12.0 Å². The Labute approximate surface area is 141 Å². The molecule has 0 atom stereocenters. The first-order chi connectivity index (χ1) is 11.6. The summed E-state index contributed by atoms with van der Waals surface area (Å²) in [5.74, 6) is -0.557. The highest BCUT2D eigenvalue weighted by atomic mass is 16.5. The molecule has 7 heteroatoms. The van der Waals surface area contributed by atoms with Crippen molar-refractivity contribution < 1.29 is 19.1 Å². The molecule has 0 unspecified atom stereocenters. The number of ether oxygens (including phenoxy) is 1. The van der Waals surface area contributed by atoms with E-state index >= 15 is 0 Å². The number of hydrogen-bond acceptors (Lipinski definition) is 4. The van der Waals surface area contributed by atoms with Crippen molar-refractivity contribution in [1.29, 1.82) is 0 Å². The fourth-order valence-corrected chi connectivity index (χ4v) is 1.71. The van der Waals surface area contributed by atoms with Crippen molar-refractivity contribution in [2.75, 3.05) is 26.2 Å². The average molecular weight is 333 g/mol. The summed E-state index contributed by atoms with van der Waals surface area (Å²) in [6.45, 7) is 2.73. The van der Waals surface area contributed by atoms with Crippen molar-refractivity contribution >= 4 is 24.0 Å². The molecular weight excluding hydrogens is 310 g/mol. The van der Waals surface area contributed by atoms with Crippen LogP contribution in [0.25, 0.3) is 6.08 Å². The molecule has 1 aromatic rings. The molecule has 3 amide bonds. The Morgan fingerprint density at radius 1 is 1.00 bits per heavy atom. The van der Waals surface area contributed by atoms with Crippen molar-refractivity contribution in [1.82, 2.24) is 16.0 Å². The van der Waals surface area contributed by atoms with Gasteiger partial charge in [-0.3, -0.25) is 4.79 Å². The van der Waals surface area contributed by atoms with Gasteiger partial charge in [0, 0.05) is 26.1 Å². The van der Waals surface area contributed by atoms with Gasteiger partial charge in [0.1, 0.15) is 6.61 Å². The van der Waals surface area contributed by atoms with E-state index in [4.69, 9.17) is 4.74 Å². The van der Waals surface area contributed by atoms with Gasteiger partial charge in [-0.2, -0.15) is 0 Å². The molecule has 0 saturated heterocycles. The molecule has 1 rings (SSSR count). The van der Waals surface area contributed by atoms with E-state index in [1.54, 1.807) is 6.08 Å². The van der Waals surface area contributed by atoms with Gasteiger partial charge in [0.25, 0.3) is 0 Å². The highest BCUT2D eigenvalue weighted by Gasteiger charge is 2.01. The standard InChI is InChI=1S/C17H23N3O4/c1-14(21)18-10-5-11-19-17(23)20-12-13-24-16(22)9-8-15-6-3-2-4-7-15/h2-4,6-9H,5,10-13H2,1H3,(H,18,21)(H2,19,20,23). The molecular formula is C17H23N3O4. The fourth-order valence-electron chi connectivity index (χ4n) is 1.71. The van der Waals surface area contributed by atoms with Crippen LogP contribution >= 0.6 is 0 Å². The quantitative estimate of drug-likeness (QED) is 0.358. The van der Waals surface area contributed by atoms with Crippen molar-refractivity contribution in [3.05, 3.63) is 42.0 Å². The number of urea groups is 1. The summed E-state index contributed by atoms with van der Waals surface area (Å²) in [4.78, 5) is 33.6. The first-order valence-electron chi connectivity index (χ1n) is 7.74. The lowest BCUT2D eigenvalue weighted by atomic mass is 10.2. The van der Waals surface area contributed by atoms with Crippen LogP contribution in [0.15, 0.2) is 36.4 Å². The van der Waals surface area contributed by atoms with Crippen molar-refractivity contribution in [3.8, 4) is 0 Å². The number of esters is 1. The van der Waals surface area contributed by atoms with Crippen LogP contribution < -0.4 is 16.0 Å². The van der Waals surface area contributed by atoms with Gasteiger partial charge in [-0.25, -0.2) is 9.59 Å². The molecule has 0 bridgehead atoms. The minimum absolute atomic E-state index is 0.0945. The molecule has 0 aliphatic heterocycles. The topological polar surface area (TPSA) is 96.5 Å². The zero-order valence-electron chi connectivity index (χ0n) is 13.7. The molecule has 0 spiro atoms. The molecule has 0 fully saturated rings. The van der Waals surface area contributed by atoms with E-state index in [-0.39, 0.29) is 25.1 Å². The summed E-state index contributed by atoms with van der Waals surface area (Å²) < 4.78 is 4.97. The van der Waals surface area contributed by atoms with Gasteiger partial charge in [0.05, 0.1) is 6.54 Å². The highest BCUT2D eigenvalue weighted by molar-refractivity contribution is 5.87. The Balaban J connectivity index is 2.04. The van der Waals surface area contributed by atoms with Gasteiger partial charge in [-0.05, 0) is 18.1 Å². The van der Waals surface area contributed by atoms with Gasteiger partial charge in [-0.1, -0.05) is 30.3 Å². The smallest absolute Gasteiger partial charge is 0.330 e. The van der Waals surface area contributed by atoms with Crippen molar-refractivity contribution in [2.24, 2.45) is 0 Å². The Morgan fingerprint density at radius 3 is 2.38 bits per heavy atom. The Bertz CT molecular complexity index is 558. The van der Waals surface area contributed by atoms with Crippen LogP contribution in [-0.2, 0) is 14.3 Å². The fraction of sp³-hybridized carbons (Fsp3) is 0.353. The van der Waals surface area contributed by atoms with E-state index < -0.39 is 5.97 Å². The third-order valence-corrected chi connectivity index (χ3v) is 2.86. The number of benzene rings is 1. The second kappa shape index (κ2) is 11.7. The molecule has 24 heavy (non-hydrogen) atoms. The van der Waals surface area contributed by atoms with Gasteiger partial charge in [-0.15, -0.1) is 0 Å². The second-order valence-corrected chi connectivity index (χ2v) is 4.93. The van der Waals surface area contributed by atoms with Crippen molar-refractivity contribution in [2.45, 2.75) is 13.3 Å². The van der Waals surface area contributed by atoms with Crippen LogP contribution in [0.5, 0.6) is 0 Å². The maximum Gasteiger partial charge on any atom is 0.330 e. The second-order valence-electron chi connectivity index (χ2n) is 4.93. The van der Waals surface area contributed by atoms with Crippen LogP contribution in [0.1, 0.15) is 18.9 Å². The number of hydrogen-bond donors (Lipinski definition) is 3. The van der Waals surface area contributed by atoms with E-state index in [1.807, 2.05) is 30.3 Å². The van der Waals surface area contributed by atoms with E-state index in [2.05, 4.69) is 16.0 Å². The number of carbonyl (C=O) groups is 3. The number of amides is 3. The minimum atomic E-state index is -0.462. The maximum absolute atomic E-state index is 11.5. The predicted octanol–water partition coefficient (Wildman–Crippen LogP) is 1.07. The lowest BCUT2D eigenvalue weighted by Crippen LogP contribution is -2.38. The van der Waals surface area contributed by atoms with E-state index in [1.165, 1.54) is 13.0 Å². The summed E-state index contributed by atoms with van der Waals surface area (Å²) in [7, 11) is 0. The van der Waals surface area contributed by atoms with Crippen LogP contribution in [0.4, 0.5) is 4.79 Å². The van der Waals surface area contributed by atoms with Gasteiger partial charge < -0.3 is 20.7 Å². The number of nitrogens with one attached hydrogen (secondary N) is 3. The van der Waals surface area contributed by atoms with Crippen molar-refractivity contribution in [3.63, 3.8) is 0 Å². The third kappa shape index (κ3) is 9.99. The zero-order chi connectivity index (χ0) is 17.6. The molecule has 7 nitrogen and oxygen atoms in total. The third-order valence-electron chi connectivity index (χ3n) is 2.86. The SMILES string of the molecule is CC(=O)NCCCNC(=O)NCCOC(=O)C=Cc1ccccc1. The van der Waals surface area contributed by atoms with Crippen LogP contribution in [-0.4, -0.2) is 44.1 Å². The number of rotatable bonds is 9. The summed E-state index contributed by atoms with van der Waals surface area (Å²) in [5.41, 5.74) is 0.909. The molecule has 0 aliphatic carbocycles. The molecule has 0 heterocycles.